The van der Waals surface area contributed by atoms with Crippen LogP contribution in [0, 0.1) is 0 Å². The van der Waals surface area contributed by atoms with Gasteiger partial charge in [0.25, 0.3) is 0 Å². The predicted molar refractivity (Wildman–Crippen MR) is 324 cm³/mol. The molecule has 0 radical (unpaired) electrons. The number of unbranched alkanes of at least 4 members (excludes halogenated alkanes) is 53. The molecule has 0 fully saturated rings. The molecule has 2 atom stereocenters. The minimum absolute atomic E-state index is 0.0214. The fourth-order valence-electron chi connectivity index (χ4n) is 10.9. The maximum atomic E-state index is 12.5. The van der Waals surface area contributed by atoms with Gasteiger partial charge in [0.15, 0.2) is 0 Å². The number of amides is 1. The summed E-state index contributed by atoms with van der Waals surface area (Å²) < 4.78 is 5.50. The van der Waals surface area contributed by atoms with Crippen LogP contribution in [0.25, 0.3) is 0 Å². The van der Waals surface area contributed by atoms with Crippen LogP contribution < -0.4 is 5.32 Å². The summed E-state index contributed by atoms with van der Waals surface area (Å²) in [5.74, 6) is -0.0411. The SMILES string of the molecule is CCCCCCCCCCCCCCC/C=C/C(O)C(CO)NC(=O)CCCCCCCCCCCCCCCCCCCCCCCCCCCCCOC(=O)CCCCCCCCCCCCCCCCC. The van der Waals surface area contributed by atoms with Crippen molar-refractivity contribution in [2.24, 2.45) is 0 Å². The number of rotatable bonds is 64. The van der Waals surface area contributed by atoms with Crippen LogP contribution in [0.4, 0.5) is 0 Å². The first kappa shape index (κ1) is 72.6. The van der Waals surface area contributed by atoms with Gasteiger partial charge in [-0.3, -0.25) is 9.59 Å². The highest BCUT2D eigenvalue weighted by Gasteiger charge is 2.18. The lowest BCUT2D eigenvalue weighted by Gasteiger charge is -2.20. The summed E-state index contributed by atoms with van der Waals surface area (Å²) in [6.07, 6.45) is 78.5. The van der Waals surface area contributed by atoms with E-state index < -0.39 is 12.1 Å². The molecule has 0 aliphatic carbocycles. The molecule has 0 aromatic carbocycles. The van der Waals surface area contributed by atoms with Crippen molar-refractivity contribution in [1.82, 2.24) is 5.32 Å². The van der Waals surface area contributed by atoms with E-state index in [0.717, 1.165) is 38.5 Å². The van der Waals surface area contributed by atoms with Crippen LogP contribution >= 0.6 is 0 Å². The second-order valence-electron chi connectivity index (χ2n) is 23.5. The minimum atomic E-state index is -0.841. The first-order valence-electron chi connectivity index (χ1n) is 34.0. The van der Waals surface area contributed by atoms with E-state index in [-0.39, 0.29) is 18.5 Å². The third-order valence-electron chi connectivity index (χ3n) is 16.1. The van der Waals surface area contributed by atoms with E-state index in [1.165, 1.54) is 321 Å². The van der Waals surface area contributed by atoms with Gasteiger partial charge in [0.05, 0.1) is 25.4 Å². The van der Waals surface area contributed by atoms with Gasteiger partial charge in [0.2, 0.25) is 5.91 Å². The van der Waals surface area contributed by atoms with Gasteiger partial charge in [0, 0.05) is 12.8 Å². The molecule has 3 N–H and O–H groups in total. The highest BCUT2D eigenvalue weighted by Crippen LogP contribution is 2.19. The minimum Gasteiger partial charge on any atom is -0.466 e. The fraction of sp³-hybridized carbons (Fsp3) is 0.941. The van der Waals surface area contributed by atoms with E-state index in [2.05, 4.69) is 19.2 Å². The highest BCUT2D eigenvalue weighted by molar-refractivity contribution is 5.76. The second kappa shape index (κ2) is 64.1. The molecule has 0 aliphatic rings. The summed E-state index contributed by atoms with van der Waals surface area (Å²) in [7, 11) is 0. The summed E-state index contributed by atoms with van der Waals surface area (Å²) >= 11 is 0. The van der Waals surface area contributed by atoms with Crippen LogP contribution in [0.1, 0.15) is 386 Å². The van der Waals surface area contributed by atoms with Crippen molar-refractivity contribution in [2.75, 3.05) is 13.2 Å². The molecule has 0 aromatic rings. The Bertz CT molecular complexity index is 1110. The van der Waals surface area contributed by atoms with Crippen LogP contribution in [-0.2, 0) is 14.3 Å². The number of ether oxygens (including phenoxy) is 1. The van der Waals surface area contributed by atoms with E-state index >= 15 is 0 Å². The van der Waals surface area contributed by atoms with Crippen molar-refractivity contribution in [1.29, 1.82) is 0 Å². The zero-order valence-electron chi connectivity index (χ0n) is 50.4. The van der Waals surface area contributed by atoms with Crippen molar-refractivity contribution in [3.63, 3.8) is 0 Å². The Morgan fingerprint density at radius 3 is 0.919 bits per heavy atom. The maximum Gasteiger partial charge on any atom is 0.305 e. The Balaban J connectivity index is 3.34. The summed E-state index contributed by atoms with van der Waals surface area (Å²) in [6, 6.07) is -0.625. The van der Waals surface area contributed by atoms with E-state index in [1.54, 1.807) is 6.08 Å². The summed E-state index contributed by atoms with van der Waals surface area (Å²) in [6.45, 7) is 4.94. The second-order valence-corrected chi connectivity index (χ2v) is 23.5. The van der Waals surface area contributed by atoms with E-state index in [9.17, 15) is 19.8 Å². The van der Waals surface area contributed by atoms with Crippen LogP contribution in [-0.4, -0.2) is 47.4 Å². The molecule has 0 spiro atoms. The number of esters is 1. The molecule has 74 heavy (non-hydrogen) atoms. The number of carbonyl (C=O) groups is 2. The number of allylic oxidation sites excluding steroid dienone is 1. The van der Waals surface area contributed by atoms with Crippen LogP contribution in [0.15, 0.2) is 12.2 Å². The smallest absolute Gasteiger partial charge is 0.305 e. The molecule has 2 unspecified atom stereocenters. The average molecular weight is 1040 g/mol. The number of aliphatic hydroxyl groups excluding tert-OH is 2. The number of carbonyl (C=O) groups excluding carboxylic acids is 2. The van der Waals surface area contributed by atoms with Gasteiger partial charge >= 0.3 is 5.97 Å². The van der Waals surface area contributed by atoms with Crippen molar-refractivity contribution in [2.45, 2.75) is 398 Å². The van der Waals surface area contributed by atoms with E-state index in [1.807, 2.05) is 6.08 Å². The summed E-state index contributed by atoms with van der Waals surface area (Å²) in [5, 5.41) is 23.2. The normalized spacial score (nSPS) is 12.5. The molecule has 0 saturated carbocycles. The molecule has 0 rings (SSSR count). The molecule has 0 saturated heterocycles. The molecule has 1 amide bonds. The van der Waals surface area contributed by atoms with E-state index in [4.69, 9.17) is 4.74 Å². The zero-order valence-corrected chi connectivity index (χ0v) is 50.4. The van der Waals surface area contributed by atoms with E-state index in [0.29, 0.717) is 19.4 Å². The molecule has 0 heterocycles. The first-order valence-corrected chi connectivity index (χ1v) is 34.0. The van der Waals surface area contributed by atoms with Crippen molar-refractivity contribution in [3.05, 3.63) is 12.2 Å². The van der Waals surface area contributed by atoms with Crippen LogP contribution in [0.2, 0.25) is 0 Å². The molecule has 0 aliphatic heterocycles. The number of hydrogen-bond acceptors (Lipinski definition) is 5. The molecule has 0 aromatic heterocycles. The Hall–Kier alpha value is -1.40. The third kappa shape index (κ3) is 59.8. The van der Waals surface area contributed by atoms with Gasteiger partial charge in [-0.2, -0.15) is 0 Å². The molecule has 440 valence electrons. The Morgan fingerprint density at radius 1 is 0.365 bits per heavy atom. The Kier molecular flexibility index (Phi) is 62.9. The van der Waals surface area contributed by atoms with Gasteiger partial charge in [-0.05, 0) is 32.1 Å². The molecular formula is C68H133NO5. The van der Waals surface area contributed by atoms with Gasteiger partial charge in [-0.15, -0.1) is 0 Å². The topological polar surface area (TPSA) is 95.9 Å². The van der Waals surface area contributed by atoms with Gasteiger partial charge in [0.1, 0.15) is 0 Å². The lowest BCUT2D eigenvalue weighted by Crippen LogP contribution is -2.45. The predicted octanol–water partition coefficient (Wildman–Crippen LogP) is 21.6. The van der Waals surface area contributed by atoms with Crippen molar-refractivity contribution in [3.8, 4) is 0 Å². The number of nitrogens with one attached hydrogen (secondary N) is 1. The zero-order chi connectivity index (χ0) is 53.6. The third-order valence-corrected chi connectivity index (χ3v) is 16.1. The molecule has 6 nitrogen and oxygen atoms in total. The lowest BCUT2D eigenvalue weighted by molar-refractivity contribution is -0.143. The van der Waals surface area contributed by atoms with Crippen molar-refractivity contribution < 1.29 is 24.5 Å². The molecule has 0 bridgehead atoms. The average Bonchev–Trinajstić information content (AvgIpc) is 3.40. The number of aliphatic hydroxyl groups is 2. The highest BCUT2D eigenvalue weighted by atomic mass is 16.5. The Labute approximate surface area is 463 Å². The van der Waals surface area contributed by atoms with Gasteiger partial charge < -0.3 is 20.3 Å². The quantitative estimate of drug-likeness (QED) is 0.0320. The standard InChI is InChI=1S/C68H133NO5/c1-3-5-7-9-11-13-15-17-32-36-40-44-48-52-56-60-66(71)65(64-70)69-67(72)61-57-53-49-45-41-37-34-30-28-26-24-22-20-19-21-23-25-27-29-31-35-39-43-47-51-55-59-63-74-68(73)62-58-54-50-46-42-38-33-18-16-14-12-10-8-6-4-2/h56,60,65-66,70-71H,3-55,57-59,61-64H2,1-2H3,(H,69,72)/b60-56+. The molecular weight excluding hydrogens is 911 g/mol. The lowest BCUT2D eigenvalue weighted by atomic mass is 10.0. The Morgan fingerprint density at radius 2 is 0.622 bits per heavy atom. The largest absolute Gasteiger partial charge is 0.466 e. The monoisotopic (exact) mass is 1040 g/mol. The van der Waals surface area contributed by atoms with Gasteiger partial charge in [-0.25, -0.2) is 0 Å². The fourth-order valence-corrected chi connectivity index (χ4v) is 10.9. The summed E-state index contributed by atoms with van der Waals surface area (Å²) in [5.41, 5.74) is 0. The maximum absolute atomic E-state index is 12.5. The summed E-state index contributed by atoms with van der Waals surface area (Å²) in [4.78, 5) is 24.6. The van der Waals surface area contributed by atoms with Gasteiger partial charge in [-0.1, -0.05) is 353 Å². The van der Waals surface area contributed by atoms with Crippen molar-refractivity contribution >= 4 is 11.9 Å². The molecule has 6 heteroatoms. The van der Waals surface area contributed by atoms with Crippen LogP contribution in [0.3, 0.4) is 0 Å². The number of hydrogen-bond donors (Lipinski definition) is 3. The first-order chi connectivity index (χ1) is 36.5. The van der Waals surface area contributed by atoms with Crippen LogP contribution in [0.5, 0.6) is 0 Å².